The lowest BCUT2D eigenvalue weighted by molar-refractivity contribution is 0.153. The van der Waals surface area contributed by atoms with E-state index in [-0.39, 0.29) is 12.1 Å². The third-order valence-corrected chi connectivity index (χ3v) is 4.20. The minimum Gasteiger partial charge on any atom is -0.380 e. The van der Waals surface area contributed by atoms with Crippen molar-refractivity contribution >= 4 is 22.8 Å². The van der Waals surface area contributed by atoms with E-state index in [0.29, 0.717) is 43.4 Å². The summed E-state index contributed by atoms with van der Waals surface area (Å²) in [6, 6.07) is 0. The lowest BCUT2D eigenvalue weighted by atomic mass is 10.3. The highest BCUT2D eigenvalue weighted by Crippen LogP contribution is 2.23. The molecule has 3 heterocycles. The zero-order chi connectivity index (χ0) is 19.0. The van der Waals surface area contributed by atoms with Crippen LogP contribution in [0.5, 0.6) is 0 Å². The molecule has 0 unspecified atom stereocenters. The van der Waals surface area contributed by atoms with Crippen molar-refractivity contribution in [2.75, 3.05) is 24.8 Å². The Morgan fingerprint density at radius 2 is 2.08 bits per heavy atom. The number of nitrogens with zero attached hydrogens (tertiary/aromatic N) is 6. The van der Waals surface area contributed by atoms with Crippen molar-refractivity contribution in [2.45, 2.75) is 33.9 Å². The first-order chi connectivity index (χ1) is 12.3. The number of fused-ring (bicyclic) bond motifs is 3. The van der Waals surface area contributed by atoms with Crippen molar-refractivity contribution < 1.29 is 4.74 Å². The fraction of sp³-hybridized carbons (Fsp3) is 0.529. The van der Waals surface area contributed by atoms with Crippen LogP contribution in [-0.2, 0) is 24.9 Å². The molecular formula is C17H24N6O3. The van der Waals surface area contributed by atoms with E-state index >= 15 is 0 Å². The fourth-order valence-electron chi connectivity index (χ4n) is 3.07. The second-order valence-electron chi connectivity index (χ2n) is 6.52. The molecule has 1 aliphatic rings. The highest BCUT2D eigenvalue weighted by molar-refractivity contribution is 5.87. The first kappa shape index (κ1) is 18.1. The monoisotopic (exact) mass is 360 g/mol. The number of ether oxygens (including phenoxy) is 1. The Bertz CT molecular complexity index is 1010. The second-order valence-corrected chi connectivity index (χ2v) is 6.52. The van der Waals surface area contributed by atoms with Gasteiger partial charge in [0.15, 0.2) is 11.2 Å². The van der Waals surface area contributed by atoms with E-state index in [4.69, 9.17) is 4.74 Å². The number of hydrogen-bond acceptors (Lipinski definition) is 6. The number of hydrazone groups is 1. The van der Waals surface area contributed by atoms with Gasteiger partial charge in [-0.25, -0.2) is 9.80 Å². The van der Waals surface area contributed by atoms with Gasteiger partial charge in [0.1, 0.15) is 0 Å². The summed E-state index contributed by atoms with van der Waals surface area (Å²) in [5.74, 6) is 0.547. The number of aryl methyl sites for hydroxylation is 1. The second kappa shape index (κ2) is 6.91. The maximum absolute atomic E-state index is 13.0. The molecule has 0 aliphatic carbocycles. The number of hydrogen-bond donors (Lipinski definition) is 0. The van der Waals surface area contributed by atoms with Gasteiger partial charge in [0.05, 0.1) is 32.0 Å². The van der Waals surface area contributed by atoms with Crippen LogP contribution in [0.1, 0.15) is 20.8 Å². The molecule has 26 heavy (non-hydrogen) atoms. The van der Waals surface area contributed by atoms with Crippen molar-refractivity contribution in [3.63, 3.8) is 0 Å². The van der Waals surface area contributed by atoms with Crippen LogP contribution >= 0.6 is 0 Å². The number of anilines is 1. The Morgan fingerprint density at radius 3 is 2.73 bits per heavy atom. The summed E-state index contributed by atoms with van der Waals surface area (Å²) >= 11 is 0. The smallest absolute Gasteiger partial charge is 0.332 e. The van der Waals surface area contributed by atoms with Crippen molar-refractivity contribution in [3.05, 3.63) is 33.0 Å². The van der Waals surface area contributed by atoms with E-state index in [1.807, 2.05) is 18.4 Å². The number of rotatable bonds is 6. The summed E-state index contributed by atoms with van der Waals surface area (Å²) in [5.41, 5.74) is 1.59. The van der Waals surface area contributed by atoms with Gasteiger partial charge in [0.25, 0.3) is 5.56 Å². The summed E-state index contributed by atoms with van der Waals surface area (Å²) < 4.78 is 9.83. The van der Waals surface area contributed by atoms with Crippen LogP contribution in [0.2, 0.25) is 0 Å². The minimum atomic E-state index is -0.403. The van der Waals surface area contributed by atoms with E-state index in [1.54, 1.807) is 19.0 Å². The first-order valence-electron chi connectivity index (χ1n) is 8.59. The molecule has 3 rings (SSSR count). The van der Waals surface area contributed by atoms with Gasteiger partial charge in [-0.1, -0.05) is 12.2 Å². The largest absolute Gasteiger partial charge is 0.380 e. The molecule has 1 aliphatic heterocycles. The topological polar surface area (TPSA) is 86.7 Å². The van der Waals surface area contributed by atoms with Crippen molar-refractivity contribution in [2.24, 2.45) is 12.1 Å². The number of allylic oxidation sites excluding steroid dienone is 1. The molecule has 0 saturated carbocycles. The first-order valence-corrected chi connectivity index (χ1v) is 8.59. The van der Waals surface area contributed by atoms with E-state index < -0.39 is 5.69 Å². The Balaban J connectivity index is 2.21. The van der Waals surface area contributed by atoms with E-state index in [9.17, 15) is 9.59 Å². The van der Waals surface area contributed by atoms with Gasteiger partial charge in [-0.2, -0.15) is 10.1 Å². The van der Waals surface area contributed by atoms with Gasteiger partial charge in [-0.15, -0.1) is 0 Å². The summed E-state index contributed by atoms with van der Waals surface area (Å²) in [4.78, 5) is 30.1. The maximum atomic E-state index is 13.0. The summed E-state index contributed by atoms with van der Waals surface area (Å²) in [6.07, 6.45) is 0. The van der Waals surface area contributed by atoms with Gasteiger partial charge < -0.3 is 4.74 Å². The molecule has 2 aromatic rings. The normalized spacial score (nSPS) is 13.8. The average molecular weight is 360 g/mol. The van der Waals surface area contributed by atoms with Gasteiger partial charge in [0, 0.05) is 13.7 Å². The van der Waals surface area contributed by atoms with E-state index in [2.05, 4.69) is 16.7 Å². The van der Waals surface area contributed by atoms with Gasteiger partial charge in [-0.05, 0) is 20.8 Å². The van der Waals surface area contributed by atoms with Crippen LogP contribution in [0.3, 0.4) is 0 Å². The highest BCUT2D eigenvalue weighted by Gasteiger charge is 2.26. The molecule has 140 valence electrons. The quantitative estimate of drug-likeness (QED) is 0.559. The molecule has 0 saturated heterocycles. The van der Waals surface area contributed by atoms with Gasteiger partial charge >= 0.3 is 5.69 Å². The summed E-state index contributed by atoms with van der Waals surface area (Å²) in [6.45, 7) is 11.7. The highest BCUT2D eigenvalue weighted by atomic mass is 16.5. The summed E-state index contributed by atoms with van der Waals surface area (Å²) in [5, 5.41) is 6.24. The Kier molecular flexibility index (Phi) is 4.82. The Labute approximate surface area is 150 Å². The van der Waals surface area contributed by atoms with E-state index in [0.717, 1.165) is 11.3 Å². The zero-order valence-electron chi connectivity index (χ0n) is 15.7. The zero-order valence-corrected chi connectivity index (χ0v) is 15.7. The molecule has 0 N–H and O–H groups in total. The molecule has 0 atom stereocenters. The SMILES string of the molecule is C=C(C)Cn1c(=O)c2c(nc3n2CC(C)=NN3CCOCC)n(C)c1=O. The van der Waals surface area contributed by atoms with Crippen LogP contribution in [0.4, 0.5) is 5.95 Å². The van der Waals surface area contributed by atoms with Crippen LogP contribution in [0, 0.1) is 0 Å². The average Bonchev–Trinajstić information content (AvgIpc) is 2.96. The maximum Gasteiger partial charge on any atom is 0.332 e. The molecule has 0 amide bonds. The predicted molar refractivity (Wildman–Crippen MR) is 101 cm³/mol. The molecule has 0 spiro atoms. The molecule has 0 aromatic carbocycles. The number of aromatic nitrogens is 4. The number of imidazole rings is 1. The van der Waals surface area contributed by atoms with Crippen LogP contribution < -0.4 is 16.3 Å². The van der Waals surface area contributed by atoms with Crippen molar-refractivity contribution in [1.82, 2.24) is 18.7 Å². The lowest BCUT2D eigenvalue weighted by Gasteiger charge is -2.24. The third kappa shape index (κ3) is 2.98. The standard InChI is InChI=1S/C17H24N6O3/c1-6-26-8-7-23-16-18-14-13(21(16)10-12(4)19-23)15(24)22(9-11(2)3)17(25)20(14)5/h2,6-10H2,1,3-5H3. The predicted octanol–water partition coefficient (Wildman–Crippen LogP) is 0.705. The molecule has 0 radical (unpaired) electrons. The van der Waals surface area contributed by atoms with Crippen LogP contribution in [0.15, 0.2) is 26.8 Å². The Morgan fingerprint density at radius 1 is 1.35 bits per heavy atom. The lowest BCUT2D eigenvalue weighted by Crippen LogP contribution is -2.40. The molecule has 2 aromatic heterocycles. The Hall–Kier alpha value is -2.68. The minimum absolute atomic E-state index is 0.184. The molecule has 9 heteroatoms. The molecule has 0 fully saturated rings. The van der Waals surface area contributed by atoms with Crippen LogP contribution in [0.25, 0.3) is 11.2 Å². The molecular weight excluding hydrogens is 336 g/mol. The van der Waals surface area contributed by atoms with Gasteiger partial charge in [-0.3, -0.25) is 18.5 Å². The van der Waals surface area contributed by atoms with Crippen molar-refractivity contribution in [1.29, 1.82) is 0 Å². The fourth-order valence-corrected chi connectivity index (χ4v) is 3.07. The van der Waals surface area contributed by atoms with Gasteiger partial charge in [0.2, 0.25) is 5.95 Å². The van der Waals surface area contributed by atoms with Crippen LogP contribution in [-0.4, -0.2) is 44.2 Å². The molecule has 9 nitrogen and oxygen atoms in total. The summed E-state index contributed by atoms with van der Waals surface area (Å²) in [7, 11) is 1.62. The third-order valence-electron chi connectivity index (χ3n) is 4.20. The van der Waals surface area contributed by atoms with E-state index in [1.165, 1.54) is 9.13 Å². The van der Waals surface area contributed by atoms with Crippen molar-refractivity contribution in [3.8, 4) is 0 Å². The molecule has 0 bridgehead atoms.